The van der Waals surface area contributed by atoms with Crippen LogP contribution in [0.25, 0.3) is 0 Å². The molecule has 0 spiro atoms. The van der Waals surface area contributed by atoms with Gasteiger partial charge in [0.25, 0.3) is 5.91 Å². The van der Waals surface area contributed by atoms with Crippen molar-refractivity contribution in [3.8, 4) is 0 Å². The second-order valence-corrected chi connectivity index (χ2v) is 5.40. The Hall–Kier alpha value is -2.10. The molecule has 0 saturated heterocycles. The van der Waals surface area contributed by atoms with Crippen molar-refractivity contribution in [3.63, 3.8) is 0 Å². The summed E-state index contributed by atoms with van der Waals surface area (Å²) in [6.07, 6.45) is 6.88. The zero-order valence-electron chi connectivity index (χ0n) is 11.7. The van der Waals surface area contributed by atoms with Crippen LogP contribution in [0.2, 0.25) is 0 Å². The first-order valence-electron chi connectivity index (χ1n) is 7.13. The van der Waals surface area contributed by atoms with Crippen LogP contribution in [0.1, 0.15) is 47.5 Å². The largest absolute Gasteiger partial charge is 0.307 e. The number of carbonyl (C=O) groups excluding carboxylic acids is 1. The number of hydrogen-bond donors (Lipinski definition) is 1. The molecule has 0 atom stereocenters. The van der Waals surface area contributed by atoms with Crippen molar-refractivity contribution >= 4 is 11.7 Å². The van der Waals surface area contributed by atoms with Crippen LogP contribution in [0.15, 0.2) is 36.5 Å². The Kier molecular flexibility index (Phi) is 3.54. The number of hydrogen-bond acceptors (Lipinski definition) is 2. The van der Waals surface area contributed by atoms with Gasteiger partial charge < -0.3 is 5.32 Å². The van der Waals surface area contributed by atoms with Crippen molar-refractivity contribution in [3.05, 3.63) is 47.7 Å². The summed E-state index contributed by atoms with van der Waals surface area (Å²) in [4.78, 5) is 12.1. The van der Waals surface area contributed by atoms with Gasteiger partial charge in [0.2, 0.25) is 0 Å². The maximum absolute atomic E-state index is 12.1. The van der Waals surface area contributed by atoms with E-state index in [0.717, 1.165) is 0 Å². The summed E-state index contributed by atoms with van der Waals surface area (Å²) < 4.78 is 1.64. The summed E-state index contributed by atoms with van der Waals surface area (Å²) in [6, 6.07) is 9.80. The van der Waals surface area contributed by atoms with Gasteiger partial charge in [-0.05, 0) is 36.5 Å². The van der Waals surface area contributed by atoms with E-state index in [1.54, 1.807) is 24.0 Å². The second-order valence-electron chi connectivity index (χ2n) is 5.40. The molecule has 20 heavy (non-hydrogen) atoms. The van der Waals surface area contributed by atoms with Crippen molar-refractivity contribution in [2.24, 2.45) is 7.05 Å². The predicted molar refractivity (Wildman–Crippen MR) is 78.8 cm³/mol. The Morgan fingerprint density at radius 3 is 2.50 bits per heavy atom. The number of nitrogens with zero attached hydrogens (tertiary/aromatic N) is 2. The van der Waals surface area contributed by atoms with Crippen LogP contribution in [0.5, 0.6) is 0 Å². The lowest BCUT2D eigenvalue weighted by Crippen LogP contribution is -2.14. The van der Waals surface area contributed by atoms with Gasteiger partial charge in [-0.3, -0.25) is 9.48 Å². The third-order valence-electron chi connectivity index (χ3n) is 4.06. The lowest BCUT2D eigenvalue weighted by Gasteiger charge is -2.10. The summed E-state index contributed by atoms with van der Waals surface area (Å²) in [5.41, 5.74) is 2.05. The van der Waals surface area contributed by atoms with Crippen LogP contribution in [0.4, 0.5) is 5.82 Å². The number of benzene rings is 1. The lowest BCUT2D eigenvalue weighted by atomic mass is 9.96. The molecule has 1 aromatic heterocycles. The smallest absolute Gasteiger partial charge is 0.256 e. The summed E-state index contributed by atoms with van der Waals surface area (Å²) in [5, 5.41) is 6.89. The topological polar surface area (TPSA) is 46.9 Å². The first-order valence-corrected chi connectivity index (χ1v) is 7.13. The van der Waals surface area contributed by atoms with E-state index in [4.69, 9.17) is 0 Å². The quantitative estimate of drug-likeness (QED) is 0.929. The average Bonchev–Trinajstić information content (AvgIpc) is 3.12. The number of carbonyl (C=O) groups is 1. The highest BCUT2D eigenvalue weighted by atomic mass is 16.1. The molecule has 1 amide bonds. The fourth-order valence-electron chi connectivity index (χ4n) is 2.85. The van der Waals surface area contributed by atoms with Gasteiger partial charge in [0.05, 0.1) is 6.20 Å². The highest BCUT2D eigenvalue weighted by molar-refractivity contribution is 6.03. The SMILES string of the molecule is Cn1nccc1NC(=O)c1ccc(C2CCCC2)cc1. The lowest BCUT2D eigenvalue weighted by molar-refractivity contribution is 0.102. The van der Waals surface area contributed by atoms with Crippen LogP contribution < -0.4 is 5.32 Å². The number of anilines is 1. The van der Waals surface area contributed by atoms with Crippen LogP contribution in [0.3, 0.4) is 0 Å². The zero-order valence-corrected chi connectivity index (χ0v) is 11.7. The van der Waals surface area contributed by atoms with Gasteiger partial charge in [-0.25, -0.2) is 0 Å². The molecule has 1 fully saturated rings. The Balaban J connectivity index is 1.70. The second kappa shape index (κ2) is 5.49. The third kappa shape index (κ3) is 2.59. The minimum Gasteiger partial charge on any atom is -0.307 e. The fourth-order valence-corrected chi connectivity index (χ4v) is 2.85. The van der Waals surface area contributed by atoms with Crippen LogP contribution in [-0.4, -0.2) is 15.7 Å². The predicted octanol–water partition coefficient (Wildman–Crippen LogP) is 3.33. The Morgan fingerprint density at radius 2 is 1.90 bits per heavy atom. The average molecular weight is 269 g/mol. The van der Waals surface area contributed by atoms with E-state index in [0.29, 0.717) is 17.3 Å². The van der Waals surface area contributed by atoms with E-state index in [1.165, 1.54) is 31.2 Å². The van der Waals surface area contributed by atoms with Crippen molar-refractivity contribution < 1.29 is 4.79 Å². The van der Waals surface area contributed by atoms with E-state index in [-0.39, 0.29) is 5.91 Å². The number of nitrogens with one attached hydrogen (secondary N) is 1. The molecule has 4 heteroatoms. The van der Waals surface area contributed by atoms with E-state index in [9.17, 15) is 4.79 Å². The Bertz CT molecular complexity index is 594. The number of aryl methyl sites for hydroxylation is 1. The summed E-state index contributed by atoms with van der Waals surface area (Å²) in [6.45, 7) is 0. The van der Waals surface area contributed by atoms with Crippen molar-refractivity contribution in [2.45, 2.75) is 31.6 Å². The fraction of sp³-hybridized carbons (Fsp3) is 0.375. The van der Waals surface area contributed by atoms with Crippen molar-refractivity contribution in [1.82, 2.24) is 9.78 Å². The molecule has 2 aromatic rings. The normalized spacial score (nSPS) is 15.4. The van der Waals surface area contributed by atoms with Gasteiger partial charge in [-0.1, -0.05) is 25.0 Å². The van der Waals surface area contributed by atoms with E-state index >= 15 is 0 Å². The van der Waals surface area contributed by atoms with Crippen molar-refractivity contribution in [1.29, 1.82) is 0 Å². The van der Waals surface area contributed by atoms with Crippen LogP contribution in [-0.2, 0) is 7.05 Å². The molecule has 4 nitrogen and oxygen atoms in total. The molecular formula is C16H19N3O. The number of amides is 1. The monoisotopic (exact) mass is 269 g/mol. The molecule has 1 aliphatic carbocycles. The zero-order chi connectivity index (χ0) is 13.9. The third-order valence-corrected chi connectivity index (χ3v) is 4.06. The molecule has 1 aliphatic rings. The van der Waals surface area contributed by atoms with Crippen molar-refractivity contribution in [2.75, 3.05) is 5.32 Å². The van der Waals surface area contributed by atoms with Gasteiger partial charge >= 0.3 is 0 Å². The molecule has 1 saturated carbocycles. The minimum absolute atomic E-state index is 0.0911. The van der Waals surface area contributed by atoms with Crippen LogP contribution >= 0.6 is 0 Å². The maximum atomic E-state index is 12.1. The maximum Gasteiger partial charge on any atom is 0.256 e. The Labute approximate surface area is 118 Å². The first kappa shape index (κ1) is 12.9. The van der Waals surface area contributed by atoms with E-state index in [2.05, 4.69) is 22.5 Å². The summed E-state index contributed by atoms with van der Waals surface area (Å²) in [5.74, 6) is 1.30. The molecule has 0 unspecified atom stereocenters. The van der Waals surface area contributed by atoms with Gasteiger partial charge in [-0.2, -0.15) is 5.10 Å². The van der Waals surface area contributed by atoms with Gasteiger partial charge in [0.1, 0.15) is 5.82 Å². The molecule has 104 valence electrons. The number of rotatable bonds is 3. The van der Waals surface area contributed by atoms with E-state index in [1.807, 2.05) is 12.1 Å². The van der Waals surface area contributed by atoms with Gasteiger partial charge in [0, 0.05) is 18.7 Å². The molecular weight excluding hydrogens is 250 g/mol. The molecule has 0 aliphatic heterocycles. The summed E-state index contributed by atoms with van der Waals surface area (Å²) >= 11 is 0. The van der Waals surface area contributed by atoms with Crippen LogP contribution in [0, 0.1) is 0 Å². The molecule has 0 radical (unpaired) electrons. The molecule has 1 heterocycles. The Morgan fingerprint density at radius 1 is 1.20 bits per heavy atom. The highest BCUT2D eigenvalue weighted by Crippen LogP contribution is 2.33. The standard InChI is InChI=1S/C16H19N3O/c1-19-15(10-11-17-19)18-16(20)14-8-6-13(7-9-14)12-4-2-3-5-12/h6-12H,2-5H2,1H3,(H,18,20). The first-order chi connectivity index (χ1) is 9.74. The molecule has 0 bridgehead atoms. The van der Waals surface area contributed by atoms with E-state index < -0.39 is 0 Å². The molecule has 1 N–H and O–H groups in total. The molecule has 1 aromatic carbocycles. The molecule has 3 rings (SSSR count). The van der Waals surface area contributed by atoms with Gasteiger partial charge in [-0.15, -0.1) is 0 Å². The summed E-state index contributed by atoms with van der Waals surface area (Å²) in [7, 11) is 1.80. The highest BCUT2D eigenvalue weighted by Gasteiger charge is 2.17. The number of aromatic nitrogens is 2. The van der Waals surface area contributed by atoms with Gasteiger partial charge in [0.15, 0.2) is 0 Å². The minimum atomic E-state index is -0.0911.